The number of thioether (sulfide) groups is 1. The zero-order chi connectivity index (χ0) is 21.1. The first-order chi connectivity index (χ1) is 14.5. The summed E-state index contributed by atoms with van der Waals surface area (Å²) in [4.78, 5) is 25.2. The van der Waals surface area contributed by atoms with Crippen LogP contribution in [0.3, 0.4) is 0 Å². The lowest BCUT2D eigenvalue weighted by molar-refractivity contribution is -0.122. The summed E-state index contributed by atoms with van der Waals surface area (Å²) < 4.78 is 14.6. The van der Waals surface area contributed by atoms with Gasteiger partial charge in [0.2, 0.25) is 5.91 Å². The minimum atomic E-state index is -0.317. The van der Waals surface area contributed by atoms with E-state index >= 15 is 0 Å². The Kier molecular flexibility index (Phi) is 5.85. The highest BCUT2D eigenvalue weighted by molar-refractivity contribution is 7.98. The van der Waals surface area contributed by atoms with E-state index in [2.05, 4.69) is 15.7 Å². The minimum absolute atomic E-state index is 0.0115. The molecule has 2 N–H and O–H groups in total. The third kappa shape index (κ3) is 4.54. The second kappa shape index (κ2) is 8.71. The maximum atomic E-state index is 13.0. The van der Waals surface area contributed by atoms with Gasteiger partial charge in [0.1, 0.15) is 18.2 Å². The molecule has 0 saturated carbocycles. The summed E-state index contributed by atoms with van der Waals surface area (Å²) in [5, 5.41) is 10.3. The standard InChI is InChI=1S/C22H21FN4O2S/c1-14-2-6-16(7-3-14)22(29)25-21-18-12-30-13-19(18)26-27(21)11-20(28)24-10-15-4-8-17(23)9-5-15/h2-9H,10-13H2,1H3,(H,24,28)(H,25,29). The number of aryl methyl sites for hydroxylation is 1. The van der Waals surface area contributed by atoms with E-state index in [1.165, 1.54) is 12.1 Å². The van der Waals surface area contributed by atoms with Crippen molar-refractivity contribution in [2.24, 2.45) is 0 Å². The fourth-order valence-corrected chi connectivity index (χ4v) is 4.23. The zero-order valence-corrected chi connectivity index (χ0v) is 17.3. The number of hydrogen-bond donors (Lipinski definition) is 2. The van der Waals surface area contributed by atoms with Crippen LogP contribution < -0.4 is 10.6 Å². The molecule has 0 spiro atoms. The number of aromatic nitrogens is 2. The number of carbonyl (C=O) groups is 2. The molecule has 30 heavy (non-hydrogen) atoms. The highest BCUT2D eigenvalue weighted by atomic mass is 32.2. The predicted octanol–water partition coefficient (Wildman–Crippen LogP) is 3.65. The summed E-state index contributed by atoms with van der Waals surface area (Å²) in [6.07, 6.45) is 0. The first-order valence-electron chi connectivity index (χ1n) is 9.55. The molecule has 6 nitrogen and oxygen atoms in total. The molecule has 154 valence electrons. The second-order valence-corrected chi connectivity index (χ2v) is 8.13. The Bertz CT molecular complexity index is 1080. The van der Waals surface area contributed by atoms with Crippen molar-refractivity contribution in [3.05, 3.63) is 82.3 Å². The Morgan fingerprint density at radius 2 is 1.83 bits per heavy atom. The third-order valence-corrected chi connectivity index (χ3v) is 5.83. The fraction of sp³-hybridized carbons (Fsp3) is 0.227. The first kappa shape index (κ1) is 20.2. The number of hydrogen-bond acceptors (Lipinski definition) is 4. The molecule has 0 aliphatic carbocycles. The molecule has 0 unspecified atom stereocenters. The third-order valence-electron chi connectivity index (χ3n) is 4.86. The molecule has 0 radical (unpaired) electrons. The molecule has 4 rings (SSSR count). The fourth-order valence-electron chi connectivity index (χ4n) is 3.20. The van der Waals surface area contributed by atoms with Crippen LogP contribution in [0.2, 0.25) is 0 Å². The SMILES string of the molecule is Cc1ccc(C(=O)Nc2c3c(nn2CC(=O)NCc2ccc(F)cc2)CSC3)cc1. The molecular weight excluding hydrogens is 403 g/mol. The van der Waals surface area contributed by atoms with Gasteiger partial charge in [-0.2, -0.15) is 16.9 Å². The molecule has 1 aliphatic heterocycles. The van der Waals surface area contributed by atoms with Crippen molar-refractivity contribution in [3.8, 4) is 0 Å². The monoisotopic (exact) mass is 424 g/mol. The van der Waals surface area contributed by atoms with Crippen LogP contribution in [0.1, 0.15) is 32.7 Å². The number of nitrogens with one attached hydrogen (secondary N) is 2. The van der Waals surface area contributed by atoms with Gasteiger partial charge in [-0.15, -0.1) is 0 Å². The van der Waals surface area contributed by atoms with Crippen LogP contribution in [-0.4, -0.2) is 21.6 Å². The Hall–Kier alpha value is -3.13. The van der Waals surface area contributed by atoms with Crippen molar-refractivity contribution < 1.29 is 14.0 Å². The van der Waals surface area contributed by atoms with Crippen LogP contribution in [0.25, 0.3) is 0 Å². The molecule has 1 aromatic heterocycles. The number of anilines is 1. The minimum Gasteiger partial charge on any atom is -0.350 e. The Morgan fingerprint density at radius 3 is 2.57 bits per heavy atom. The molecule has 0 atom stereocenters. The van der Waals surface area contributed by atoms with Gasteiger partial charge in [0.25, 0.3) is 5.91 Å². The lowest BCUT2D eigenvalue weighted by Crippen LogP contribution is -2.28. The summed E-state index contributed by atoms with van der Waals surface area (Å²) in [7, 11) is 0. The summed E-state index contributed by atoms with van der Waals surface area (Å²) >= 11 is 1.73. The van der Waals surface area contributed by atoms with Crippen molar-refractivity contribution in [2.75, 3.05) is 5.32 Å². The normalized spacial score (nSPS) is 12.5. The van der Waals surface area contributed by atoms with Crippen molar-refractivity contribution in [1.82, 2.24) is 15.1 Å². The molecule has 2 aromatic carbocycles. The van der Waals surface area contributed by atoms with Crippen LogP contribution in [0.15, 0.2) is 48.5 Å². The maximum Gasteiger partial charge on any atom is 0.256 e. The van der Waals surface area contributed by atoms with E-state index in [1.807, 2.05) is 19.1 Å². The van der Waals surface area contributed by atoms with Gasteiger partial charge in [-0.05, 0) is 36.8 Å². The van der Waals surface area contributed by atoms with E-state index in [1.54, 1.807) is 40.7 Å². The van der Waals surface area contributed by atoms with Gasteiger partial charge in [-0.3, -0.25) is 9.59 Å². The molecule has 2 amide bonds. The molecule has 3 aromatic rings. The van der Waals surface area contributed by atoms with Crippen molar-refractivity contribution in [1.29, 1.82) is 0 Å². The number of fused-ring (bicyclic) bond motifs is 1. The maximum absolute atomic E-state index is 13.0. The number of amides is 2. The second-order valence-electron chi connectivity index (χ2n) is 7.15. The molecule has 0 fully saturated rings. The molecule has 2 heterocycles. The van der Waals surface area contributed by atoms with Gasteiger partial charge in [0.15, 0.2) is 0 Å². The van der Waals surface area contributed by atoms with Crippen molar-refractivity contribution in [2.45, 2.75) is 31.5 Å². The van der Waals surface area contributed by atoms with Crippen LogP contribution in [-0.2, 0) is 29.4 Å². The topological polar surface area (TPSA) is 76.0 Å². The lowest BCUT2D eigenvalue weighted by atomic mass is 10.1. The largest absolute Gasteiger partial charge is 0.350 e. The van der Waals surface area contributed by atoms with E-state index in [4.69, 9.17) is 0 Å². The number of carbonyl (C=O) groups excluding carboxylic acids is 2. The van der Waals surface area contributed by atoms with Crippen molar-refractivity contribution >= 4 is 29.4 Å². The molecular formula is C22H21FN4O2S. The Balaban J connectivity index is 1.46. The quantitative estimate of drug-likeness (QED) is 0.633. The molecule has 8 heteroatoms. The highest BCUT2D eigenvalue weighted by Gasteiger charge is 2.25. The van der Waals surface area contributed by atoms with E-state index in [-0.39, 0.29) is 24.2 Å². The average Bonchev–Trinajstić information content (AvgIpc) is 3.31. The smallest absolute Gasteiger partial charge is 0.256 e. The van der Waals surface area contributed by atoms with Crippen LogP contribution in [0.4, 0.5) is 10.2 Å². The van der Waals surface area contributed by atoms with Crippen LogP contribution >= 0.6 is 11.8 Å². The number of halogens is 1. The Labute approximate surface area is 177 Å². The summed E-state index contributed by atoms with van der Waals surface area (Å²) in [6, 6.07) is 13.3. The van der Waals surface area contributed by atoms with Crippen molar-refractivity contribution in [3.63, 3.8) is 0 Å². The van der Waals surface area contributed by atoms with Gasteiger partial charge in [0.05, 0.1) is 5.69 Å². The van der Waals surface area contributed by atoms with Gasteiger partial charge < -0.3 is 10.6 Å². The zero-order valence-electron chi connectivity index (χ0n) is 16.4. The number of nitrogens with zero attached hydrogens (tertiary/aromatic N) is 2. The van der Waals surface area contributed by atoms with Gasteiger partial charge >= 0.3 is 0 Å². The average molecular weight is 425 g/mol. The molecule has 0 saturated heterocycles. The first-order valence-corrected chi connectivity index (χ1v) is 10.7. The molecule has 0 bridgehead atoms. The lowest BCUT2D eigenvalue weighted by Gasteiger charge is -2.12. The summed E-state index contributed by atoms with van der Waals surface area (Å²) in [6.45, 7) is 2.24. The van der Waals surface area contributed by atoms with E-state index in [0.717, 1.165) is 33.9 Å². The van der Waals surface area contributed by atoms with Gasteiger partial charge in [0, 0.05) is 29.2 Å². The molecule has 1 aliphatic rings. The Morgan fingerprint density at radius 1 is 1.10 bits per heavy atom. The van der Waals surface area contributed by atoms with E-state index in [0.29, 0.717) is 17.9 Å². The van der Waals surface area contributed by atoms with E-state index in [9.17, 15) is 14.0 Å². The number of rotatable bonds is 6. The highest BCUT2D eigenvalue weighted by Crippen LogP contribution is 2.34. The van der Waals surface area contributed by atoms with Crippen LogP contribution in [0, 0.1) is 12.7 Å². The summed E-state index contributed by atoms with van der Waals surface area (Å²) in [5.41, 5.74) is 4.29. The number of benzene rings is 2. The summed E-state index contributed by atoms with van der Waals surface area (Å²) in [5.74, 6) is 1.28. The predicted molar refractivity (Wildman–Crippen MR) is 115 cm³/mol. The van der Waals surface area contributed by atoms with E-state index < -0.39 is 0 Å². The van der Waals surface area contributed by atoms with Crippen LogP contribution in [0.5, 0.6) is 0 Å². The van der Waals surface area contributed by atoms with Gasteiger partial charge in [-0.1, -0.05) is 29.8 Å². The van der Waals surface area contributed by atoms with Gasteiger partial charge in [-0.25, -0.2) is 9.07 Å².